The topological polar surface area (TPSA) is 80.4 Å². The number of carbonyl (C=O) groups excluding carboxylic acids is 1. The van der Waals surface area contributed by atoms with Crippen LogP contribution in [0.2, 0.25) is 0 Å². The van der Waals surface area contributed by atoms with Crippen molar-refractivity contribution >= 4 is 22.5 Å². The van der Waals surface area contributed by atoms with Crippen LogP contribution in [0.15, 0.2) is 48.5 Å². The third kappa shape index (κ3) is 3.29. The van der Waals surface area contributed by atoms with Crippen molar-refractivity contribution < 1.29 is 9.72 Å². The largest absolute Gasteiger partial charge is 0.349 e. The van der Waals surface area contributed by atoms with Crippen LogP contribution in [0.25, 0.3) is 22.2 Å². The Morgan fingerprint density at radius 3 is 2.32 bits per heavy atom. The SMILES string of the molecule is CN1C2CCC1CC(NC(=O)c1c(-c3ccc([N+](=O)[O-])cc3)n(C)c3ccccc13)C2. The Kier molecular flexibility index (Phi) is 4.78. The lowest BCUT2D eigenvalue weighted by atomic mass is 9.97. The first kappa shape index (κ1) is 19.8. The second kappa shape index (κ2) is 7.50. The van der Waals surface area contributed by atoms with E-state index in [9.17, 15) is 14.9 Å². The number of hydrogen-bond donors (Lipinski definition) is 1. The van der Waals surface area contributed by atoms with Crippen LogP contribution in [0.5, 0.6) is 0 Å². The van der Waals surface area contributed by atoms with Crippen molar-refractivity contribution in [3.8, 4) is 11.3 Å². The average Bonchev–Trinajstić information content (AvgIpc) is 3.15. The van der Waals surface area contributed by atoms with E-state index in [-0.39, 0.29) is 17.6 Å². The van der Waals surface area contributed by atoms with Gasteiger partial charge < -0.3 is 14.8 Å². The summed E-state index contributed by atoms with van der Waals surface area (Å²) in [7, 11) is 4.13. The third-order valence-electron chi connectivity index (χ3n) is 7.12. The molecule has 1 N–H and O–H groups in total. The number of aromatic nitrogens is 1. The maximum absolute atomic E-state index is 13.6. The molecule has 1 amide bonds. The van der Waals surface area contributed by atoms with Gasteiger partial charge in [-0.2, -0.15) is 0 Å². The number of amides is 1. The van der Waals surface area contributed by atoms with Crippen molar-refractivity contribution in [2.75, 3.05) is 7.05 Å². The minimum atomic E-state index is -0.409. The molecule has 0 saturated carbocycles. The van der Waals surface area contributed by atoms with Gasteiger partial charge >= 0.3 is 0 Å². The van der Waals surface area contributed by atoms with E-state index in [1.807, 2.05) is 35.9 Å². The molecule has 7 nitrogen and oxygen atoms in total. The van der Waals surface area contributed by atoms with Gasteiger partial charge in [-0.1, -0.05) is 18.2 Å². The lowest BCUT2D eigenvalue weighted by molar-refractivity contribution is -0.384. The molecule has 3 aromatic rings. The van der Waals surface area contributed by atoms with Crippen LogP contribution in [0.3, 0.4) is 0 Å². The van der Waals surface area contributed by atoms with E-state index in [4.69, 9.17) is 0 Å². The van der Waals surface area contributed by atoms with Gasteiger partial charge in [0.2, 0.25) is 0 Å². The second-order valence-electron chi connectivity index (χ2n) is 8.80. The summed E-state index contributed by atoms with van der Waals surface area (Å²) in [6, 6.07) is 15.5. The predicted octanol–water partition coefficient (Wildman–Crippen LogP) is 4.11. The molecule has 2 saturated heterocycles. The summed E-state index contributed by atoms with van der Waals surface area (Å²) in [6.07, 6.45) is 4.37. The van der Waals surface area contributed by atoms with Gasteiger partial charge in [0.25, 0.3) is 11.6 Å². The molecular formula is C24H26N4O3. The number of nitro benzene ring substituents is 1. The number of nitrogens with one attached hydrogen (secondary N) is 1. The number of non-ortho nitro benzene ring substituents is 1. The zero-order valence-corrected chi connectivity index (χ0v) is 17.7. The highest BCUT2D eigenvalue weighted by Crippen LogP contribution is 2.36. The monoisotopic (exact) mass is 418 g/mol. The molecule has 0 aliphatic carbocycles. The fraction of sp³-hybridized carbons (Fsp3) is 0.375. The van der Waals surface area contributed by atoms with Crippen LogP contribution in [0.4, 0.5) is 5.69 Å². The lowest BCUT2D eigenvalue weighted by Gasteiger charge is -2.36. The number of hydrogen-bond acceptors (Lipinski definition) is 4. The molecule has 2 atom stereocenters. The number of fused-ring (bicyclic) bond motifs is 3. The first-order valence-corrected chi connectivity index (χ1v) is 10.8. The molecule has 3 heterocycles. The van der Waals surface area contributed by atoms with Gasteiger partial charge in [0, 0.05) is 48.2 Å². The smallest absolute Gasteiger partial charge is 0.269 e. The highest BCUT2D eigenvalue weighted by atomic mass is 16.6. The Morgan fingerprint density at radius 1 is 1.03 bits per heavy atom. The standard InChI is InChI=1S/C24H26N4O3/c1-26-18-11-12-19(26)14-16(13-18)25-24(29)22-20-5-3-4-6-21(20)27(2)23(22)15-7-9-17(10-8-15)28(30)31/h3-10,16,18-19H,11-14H2,1-2H3,(H,25,29). The molecule has 5 rings (SSSR count). The number of nitrogens with zero attached hydrogens (tertiary/aromatic N) is 3. The van der Waals surface area contributed by atoms with E-state index < -0.39 is 4.92 Å². The molecule has 2 unspecified atom stereocenters. The predicted molar refractivity (Wildman–Crippen MR) is 120 cm³/mol. The van der Waals surface area contributed by atoms with E-state index in [0.29, 0.717) is 17.6 Å². The van der Waals surface area contributed by atoms with E-state index in [2.05, 4.69) is 17.3 Å². The highest BCUT2D eigenvalue weighted by molar-refractivity contribution is 6.12. The Labute approximate surface area is 180 Å². The van der Waals surface area contributed by atoms with Crippen LogP contribution in [-0.2, 0) is 7.05 Å². The zero-order chi connectivity index (χ0) is 21.7. The van der Waals surface area contributed by atoms with E-state index in [1.165, 1.54) is 25.0 Å². The second-order valence-corrected chi connectivity index (χ2v) is 8.80. The zero-order valence-electron chi connectivity index (χ0n) is 17.7. The molecule has 2 fully saturated rings. The summed E-state index contributed by atoms with van der Waals surface area (Å²) < 4.78 is 2.00. The first-order valence-electron chi connectivity index (χ1n) is 10.8. The maximum atomic E-state index is 13.6. The molecule has 2 bridgehead atoms. The molecule has 2 aromatic carbocycles. The molecule has 2 aliphatic heterocycles. The summed E-state index contributed by atoms with van der Waals surface area (Å²) in [5.41, 5.74) is 3.21. The van der Waals surface area contributed by atoms with Crippen LogP contribution < -0.4 is 5.32 Å². The van der Waals surface area contributed by atoms with Crippen molar-refractivity contribution in [1.29, 1.82) is 0 Å². The van der Waals surface area contributed by atoms with Gasteiger partial charge in [-0.05, 0) is 56.5 Å². The van der Waals surface area contributed by atoms with E-state index in [0.717, 1.165) is 35.0 Å². The Morgan fingerprint density at radius 2 is 1.68 bits per heavy atom. The van der Waals surface area contributed by atoms with Crippen molar-refractivity contribution in [3.63, 3.8) is 0 Å². The summed E-state index contributed by atoms with van der Waals surface area (Å²) in [5.74, 6) is -0.0703. The normalized spacial score (nSPS) is 23.2. The van der Waals surface area contributed by atoms with Gasteiger partial charge in [0.15, 0.2) is 0 Å². The van der Waals surface area contributed by atoms with Crippen molar-refractivity contribution in [3.05, 3.63) is 64.2 Å². The summed E-state index contributed by atoms with van der Waals surface area (Å²) in [5, 5.41) is 15.3. The average molecular weight is 418 g/mol. The van der Waals surface area contributed by atoms with E-state index in [1.54, 1.807) is 12.1 Å². The van der Waals surface area contributed by atoms with Crippen LogP contribution >= 0.6 is 0 Å². The van der Waals surface area contributed by atoms with Crippen molar-refractivity contribution in [2.45, 2.75) is 43.8 Å². The fourth-order valence-corrected chi connectivity index (χ4v) is 5.49. The first-order chi connectivity index (χ1) is 14.9. The Hall–Kier alpha value is -3.19. The molecule has 0 spiro atoms. The fourth-order valence-electron chi connectivity index (χ4n) is 5.49. The maximum Gasteiger partial charge on any atom is 0.269 e. The molecule has 0 radical (unpaired) electrons. The van der Waals surface area contributed by atoms with Crippen molar-refractivity contribution in [2.24, 2.45) is 7.05 Å². The van der Waals surface area contributed by atoms with Gasteiger partial charge in [-0.25, -0.2) is 0 Å². The van der Waals surface area contributed by atoms with Gasteiger partial charge in [-0.3, -0.25) is 14.9 Å². The Balaban J connectivity index is 1.53. The number of aryl methyl sites for hydroxylation is 1. The third-order valence-corrected chi connectivity index (χ3v) is 7.12. The number of piperidine rings is 1. The summed E-state index contributed by atoms with van der Waals surface area (Å²) >= 11 is 0. The van der Waals surface area contributed by atoms with Gasteiger partial charge in [-0.15, -0.1) is 0 Å². The number of carbonyl (C=O) groups is 1. The number of benzene rings is 2. The van der Waals surface area contributed by atoms with Crippen LogP contribution in [-0.4, -0.2) is 45.5 Å². The molecular weight excluding hydrogens is 392 g/mol. The number of rotatable bonds is 4. The molecule has 7 heteroatoms. The molecule has 160 valence electrons. The van der Waals surface area contributed by atoms with Crippen LogP contribution in [0.1, 0.15) is 36.0 Å². The minimum absolute atomic E-state index is 0.0373. The Bertz CT molecular complexity index is 1150. The molecule has 31 heavy (non-hydrogen) atoms. The number of para-hydroxylation sites is 1. The minimum Gasteiger partial charge on any atom is -0.349 e. The quantitative estimate of drug-likeness (QED) is 0.511. The number of nitro groups is 1. The van der Waals surface area contributed by atoms with E-state index >= 15 is 0 Å². The summed E-state index contributed by atoms with van der Waals surface area (Å²) in [6.45, 7) is 0. The summed E-state index contributed by atoms with van der Waals surface area (Å²) in [4.78, 5) is 26.7. The highest BCUT2D eigenvalue weighted by Gasteiger charge is 2.39. The lowest BCUT2D eigenvalue weighted by Crippen LogP contribution is -2.48. The molecule has 1 aromatic heterocycles. The van der Waals surface area contributed by atoms with Gasteiger partial charge in [0.1, 0.15) is 0 Å². The molecule has 2 aliphatic rings. The van der Waals surface area contributed by atoms with Crippen LogP contribution in [0, 0.1) is 10.1 Å². The van der Waals surface area contributed by atoms with Crippen molar-refractivity contribution in [1.82, 2.24) is 14.8 Å². The van der Waals surface area contributed by atoms with Gasteiger partial charge in [0.05, 0.1) is 16.2 Å².